The van der Waals surface area contributed by atoms with Crippen LogP contribution in [-0.2, 0) is 4.74 Å². The summed E-state index contributed by atoms with van der Waals surface area (Å²) >= 11 is 0. The number of benzene rings is 1. The van der Waals surface area contributed by atoms with Gasteiger partial charge in [0, 0.05) is 38.1 Å². The first-order valence-corrected chi connectivity index (χ1v) is 8.35. The van der Waals surface area contributed by atoms with Crippen LogP contribution >= 0.6 is 0 Å². The Bertz CT molecular complexity index is 795. The SMILES string of the molecule is COCCCNC(=O)c1cc(C(=O)Nc2cc(OC)ccc2OC)ccn1. The molecule has 8 nitrogen and oxygen atoms in total. The maximum absolute atomic E-state index is 12.6. The second kappa shape index (κ2) is 10.1. The Kier molecular flexibility index (Phi) is 7.57. The maximum Gasteiger partial charge on any atom is 0.269 e. The Hall–Kier alpha value is -3.13. The number of nitrogens with one attached hydrogen (secondary N) is 2. The number of anilines is 1. The highest BCUT2D eigenvalue weighted by molar-refractivity contribution is 6.06. The fraction of sp³-hybridized carbons (Fsp3) is 0.316. The van der Waals surface area contributed by atoms with Crippen molar-refractivity contribution in [3.05, 3.63) is 47.8 Å². The van der Waals surface area contributed by atoms with Crippen molar-refractivity contribution in [1.82, 2.24) is 10.3 Å². The number of hydrogen-bond acceptors (Lipinski definition) is 6. The molecule has 8 heteroatoms. The van der Waals surface area contributed by atoms with Gasteiger partial charge in [0.15, 0.2) is 0 Å². The lowest BCUT2D eigenvalue weighted by atomic mass is 10.2. The average Bonchev–Trinajstić information content (AvgIpc) is 2.71. The number of methoxy groups -OCH3 is 3. The topological polar surface area (TPSA) is 98.8 Å². The molecule has 2 aromatic rings. The van der Waals surface area contributed by atoms with Crippen LogP contribution in [0.15, 0.2) is 36.5 Å². The molecule has 1 aromatic heterocycles. The van der Waals surface area contributed by atoms with Gasteiger partial charge in [0.25, 0.3) is 11.8 Å². The minimum atomic E-state index is -0.391. The quantitative estimate of drug-likeness (QED) is 0.653. The van der Waals surface area contributed by atoms with Gasteiger partial charge in [-0.3, -0.25) is 14.6 Å². The van der Waals surface area contributed by atoms with Crippen LogP contribution in [0.5, 0.6) is 11.5 Å². The molecule has 0 saturated carbocycles. The van der Waals surface area contributed by atoms with Crippen molar-refractivity contribution in [3.63, 3.8) is 0 Å². The van der Waals surface area contributed by atoms with Gasteiger partial charge in [-0.05, 0) is 30.7 Å². The van der Waals surface area contributed by atoms with Gasteiger partial charge < -0.3 is 24.8 Å². The molecule has 0 spiro atoms. The van der Waals surface area contributed by atoms with E-state index in [2.05, 4.69) is 15.6 Å². The average molecular weight is 373 g/mol. The Morgan fingerprint density at radius 2 is 1.85 bits per heavy atom. The van der Waals surface area contributed by atoms with E-state index in [0.29, 0.717) is 42.3 Å². The minimum absolute atomic E-state index is 0.165. The molecule has 0 atom stereocenters. The summed E-state index contributed by atoms with van der Waals surface area (Å²) in [6.07, 6.45) is 2.11. The summed E-state index contributed by atoms with van der Waals surface area (Å²) in [7, 11) is 4.65. The third-order valence-corrected chi connectivity index (χ3v) is 3.72. The monoisotopic (exact) mass is 373 g/mol. The summed E-state index contributed by atoms with van der Waals surface area (Å²) in [4.78, 5) is 28.7. The number of ether oxygens (including phenoxy) is 3. The van der Waals surface area contributed by atoms with Crippen LogP contribution in [0.25, 0.3) is 0 Å². The van der Waals surface area contributed by atoms with Gasteiger partial charge in [0.05, 0.1) is 19.9 Å². The zero-order valence-electron chi connectivity index (χ0n) is 15.6. The van der Waals surface area contributed by atoms with Gasteiger partial charge in [-0.2, -0.15) is 0 Å². The number of pyridine rings is 1. The van der Waals surface area contributed by atoms with E-state index >= 15 is 0 Å². The lowest BCUT2D eigenvalue weighted by molar-refractivity contribution is 0.0943. The summed E-state index contributed by atoms with van der Waals surface area (Å²) in [6, 6.07) is 8.05. The summed E-state index contributed by atoms with van der Waals surface area (Å²) in [5.74, 6) is 0.336. The van der Waals surface area contributed by atoms with Crippen LogP contribution in [-0.4, -0.2) is 51.3 Å². The zero-order valence-corrected chi connectivity index (χ0v) is 15.6. The van der Waals surface area contributed by atoms with Crippen molar-refractivity contribution in [3.8, 4) is 11.5 Å². The van der Waals surface area contributed by atoms with Gasteiger partial charge in [-0.1, -0.05) is 0 Å². The van der Waals surface area contributed by atoms with Crippen LogP contribution < -0.4 is 20.1 Å². The van der Waals surface area contributed by atoms with Gasteiger partial charge in [0.2, 0.25) is 0 Å². The smallest absolute Gasteiger partial charge is 0.269 e. The van der Waals surface area contributed by atoms with E-state index in [9.17, 15) is 9.59 Å². The molecular weight excluding hydrogens is 350 g/mol. The third kappa shape index (κ3) is 5.68. The highest BCUT2D eigenvalue weighted by Gasteiger charge is 2.14. The van der Waals surface area contributed by atoms with E-state index in [4.69, 9.17) is 14.2 Å². The molecule has 1 aromatic carbocycles. The second-order valence-electron chi connectivity index (χ2n) is 5.55. The molecule has 0 bridgehead atoms. The second-order valence-corrected chi connectivity index (χ2v) is 5.55. The van der Waals surface area contributed by atoms with E-state index in [-0.39, 0.29) is 11.6 Å². The standard InChI is InChI=1S/C19H23N3O5/c1-25-10-4-8-21-19(24)16-11-13(7-9-20-16)18(23)22-15-12-14(26-2)5-6-17(15)27-3/h5-7,9,11-12H,4,8,10H2,1-3H3,(H,21,24)(H,22,23). The van der Waals surface area contributed by atoms with E-state index in [0.717, 1.165) is 0 Å². The van der Waals surface area contributed by atoms with Crippen LogP contribution in [0.1, 0.15) is 27.3 Å². The molecule has 0 radical (unpaired) electrons. The van der Waals surface area contributed by atoms with Gasteiger partial charge in [-0.15, -0.1) is 0 Å². The minimum Gasteiger partial charge on any atom is -0.497 e. The number of carbonyl (C=O) groups excluding carboxylic acids is 2. The molecule has 0 aliphatic rings. The molecule has 0 fully saturated rings. The summed E-state index contributed by atoms with van der Waals surface area (Å²) in [5, 5.41) is 5.49. The lowest BCUT2D eigenvalue weighted by Gasteiger charge is -2.12. The third-order valence-electron chi connectivity index (χ3n) is 3.72. The normalized spacial score (nSPS) is 10.2. The number of nitrogens with zero attached hydrogens (tertiary/aromatic N) is 1. The van der Waals surface area contributed by atoms with Gasteiger partial charge >= 0.3 is 0 Å². The Labute approximate surface area is 157 Å². The van der Waals surface area contributed by atoms with Crippen molar-refractivity contribution in [2.75, 3.05) is 39.8 Å². The van der Waals surface area contributed by atoms with Crippen LogP contribution in [0.4, 0.5) is 5.69 Å². The molecule has 2 amide bonds. The molecule has 2 N–H and O–H groups in total. The number of aromatic nitrogens is 1. The summed E-state index contributed by atoms with van der Waals surface area (Å²) in [5.41, 5.74) is 0.929. The van der Waals surface area contributed by atoms with Crippen molar-refractivity contribution < 1.29 is 23.8 Å². The number of carbonyl (C=O) groups is 2. The van der Waals surface area contributed by atoms with Crippen molar-refractivity contribution in [2.45, 2.75) is 6.42 Å². The fourth-order valence-corrected chi connectivity index (χ4v) is 2.31. The summed E-state index contributed by atoms with van der Waals surface area (Å²) < 4.78 is 15.4. The largest absolute Gasteiger partial charge is 0.497 e. The molecule has 144 valence electrons. The van der Waals surface area contributed by atoms with Gasteiger partial charge in [-0.25, -0.2) is 0 Å². The Morgan fingerprint density at radius 1 is 1.04 bits per heavy atom. The molecule has 0 aliphatic heterocycles. The van der Waals surface area contributed by atoms with Crippen LogP contribution in [0.2, 0.25) is 0 Å². The maximum atomic E-state index is 12.6. The fourth-order valence-electron chi connectivity index (χ4n) is 2.31. The van der Waals surface area contributed by atoms with Crippen molar-refractivity contribution in [2.24, 2.45) is 0 Å². The first-order valence-electron chi connectivity index (χ1n) is 8.35. The molecular formula is C19H23N3O5. The molecule has 0 unspecified atom stereocenters. The van der Waals surface area contributed by atoms with E-state index < -0.39 is 5.91 Å². The van der Waals surface area contributed by atoms with E-state index in [1.807, 2.05) is 0 Å². The first-order chi connectivity index (χ1) is 13.1. The number of rotatable bonds is 9. The molecule has 27 heavy (non-hydrogen) atoms. The van der Waals surface area contributed by atoms with Gasteiger partial charge in [0.1, 0.15) is 17.2 Å². The predicted molar refractivity (Wildman–Crippen MR) is 101 cm³/mol. The zero-order chi connectivity index (χ0) is 19.6. The molecule has 0 aliphatic carbocycles. The van der Waals surface area contributed by atoms with Crippen molar-refractivity contribution >= 4 is 17.5 Å². The molecule has 1 heterocycles. The van der Waals surface area contributed by atoms with E-state index in [1.54, 1.807) is 25.3 Å². The van der Waals surface area contributed by atoms with Crippen LogP contribution in [0, 0.1) is 0 Å². The van der Waals surface area contributed by atoms with E-state index in [1.165, 1.54) is 32.5 Å². The molecule has 2 rings (SSSR count). The predicted octanol–water partition coefficient (Wildman–Crippen LogP) is 2.12. The highest BCUT2D eigenvalue weighted by Crippen LogP contribution is 2.29. The Balaban J connectivity index is 2.10. The molecule has 0 saturated heterocycles. The number of amides is 2. The summed E-state index contributed by atoms with van der Waals surface area (Å²) in [6.45, 7) is 1.02. The Morgan fingerprint density at radius 3 is 2.56 bits per heavy atom. The van der Waals surface area contributed by atoms with Crippen LogP contribution in [0.3, 0.4) is 0 Å². The first kappa shape index (κ1) is 20.2. The number of hydrogen-bond donors (Lipinski definition) is 2. The van der Waals surface area contributed by atoms with Crippen molar-refractivity contribution in [1.29, 1.82) is 0 Å². The highest BCUT2D eigenvalue weighted by atomic mass is 16.5. The lowest BCUT2D eigenvalue weighted by Crippen LogP contribution is -2.26.